The molecule has 10 heteroatoms. The third-order valence-electron chi connectivity index (χ3n) is 3.68. The predicted octanol–water partition coefficient (Wildman–Crippen LogP) is 3.33. The van der Waals surface area contributed by atoms with Crippen LogP contribution in [-0.4, -0.2) is 40.2 Å². The van der Waals surface area contributed by atoms with Gasteiger partial charge in [-0.15, -0.1) is 0 Å². The molecule has 2 heterocycles. The number of nitrogens with zero attached hydrogens (tertiary/aromatic N) is 3. The van der Waals surface area contributed by atoms with Crippen molar-refractivity contribution in [2.75, 3.05) is 19.6 Å². The second kappa shape index (κ2) is 7.08. The molecule has 1 fully saturated rings. The van der Waals surface area contributed by atoms with Crippen LogP contribution in [-0.2, 0) is 12.7 Å². The molecule has 132 valence electrons. The van der Waals surface area contributed by atoms with E-state index in [-0.39, 0.29) is 39.0 Å². The maximum Gasteiger partial charge on any atom is 0.417 e. The minimum Gasteiger partial charge on any atom is -0.313 e. The number of halogens is 5. The maximum atomic E-state index is 13.1. The summed E-state index contributed by atoms with van der Waals surface area (Å²) in [5.74, 6) is -2.73. The monoisotopic (exact) mass is 367 g/mol. The first-order chi connectivity index (χ1) is 11.1. The Morgan fingerprint density at radius 2 is 2.04 bits per heavy atom. The van der Waals surface area contributed by atoms with Crippen LogP contribution in [0, 0.1) is 0 Å². The number of hydrogen-bond acceptors (Lipinski definition) is 4. The fourth-order valence-electron chi connectivity index (χ4n) is 2.53. The lowest BCUT2D eigenvalue weighted by Crippen LogP contribution is -2.28. The van der Waals surface area contributed by atoms with Crippen molar-refractivity contribution in [3.63, 3.8) is 0 Å². The highest BCUT2D eigenvalue weighted by Crippen LogP contribution is 2.30. The molecule has 1 aromatic heterocycles. The van der Waals surface area contributed by atoms with Crippen molar-refractivity contribution < 1.29 is 22.0 Å². The molecule has 2 rings (SSSR count). The van der Waals surface area contributed by atoms with Crippen LogP contribution < -0.4 is 5.56 Å². The Bertz CT molecular complexity index is 709. The van der Waals surface area contributed by atoms with E-state index in [4.69, 9.17) is 0 Å². The van der Waals surface area contributed by atoms with Gasteiger partial charge in [0.2, 0.25) is 0 Å². The van der Waals surface area contributed by atoms with Gasteiger partial charge in [-0.25, -0.2) is 8.78 Å². The topological polar surface area (TPSA) is 37.6 Å². The summed E-state index contributed by atoms with van der Waals surface area (Å²) >= 11 is 4.33. The number of likely N-dealkylation sites (tertiary alicyclic amines) is 1. The van der Waals surface area contributed by atoms with Gasteiger partial charge < -0.3 is 4.57 Å². The minimum atomic E-state index is -4.64. The number of isothiocyanates is 1. The Labute approximate surface area is 139 Å². The summed E-state index contributed by atoms with van der Waals surface area (Å²) in [5.41, 5.74) is -2.21. The van der Waals surface area contributed by atoms with Gasteiger partial charge in [-0.2, -0.15) is 18.2 Å². The number of aliphatic imine (C=N–C) groups is 1. The third-order valence-corrected chi connectivity index (χ3v) is 3.77. The zero-order valence-corrected chi connectivity index (χ0v) is 13.3. The van der Waals surface area contributed by atoms with Crippen LogP contribution in [0.3, 0.4) is 0 Å². The number of thiocarbonyl (C=S) groups is 1. The molecule has 0 spiro atoms. The van der Waals surface area contributed by atoms with Gasteiger partial charge in [0.1, 0.15) is 5.69 Å². The van der Waals surface area contributed by atoms with E-state index in [1.807, 2.05) is 5.16 Å². The lowest BCUT2D eigenvalue weighted by atomic mass is 10.2. The lowest BCUT2D eigenvalue weighted by molar-refractivity contribution is -0.138. The summed E-state index contributed by atoms with van der Waals surface area (Å²) in [7, 11) is 0. The van der Waals surface area contributed by atoms with Gasteiger partial charge in [0, 0.05) is 32.3 Å². The molecular formula is C14H14F5N3OS. The fourth-order valence-corrected chi connectivity index (χ4v) is 2.63. The Balaban J connectivity index is 2.13. The summed E-state index contributed by atoms with van der Waals surface area (Å²) in [5, 5.41) is 1.88. The molecule has 0 bridgehead atoms. The van der Waals surface area contributed by atoms with E-state index in [1.54, 1.807) is 0 Å². The van der Waals surface area contributed by atoms with Crippen LogP contribution in [0.5, 0.6) is 0 Å². The molecule has 0 saturated carbocycles. The highest BCUT2D eigenvalue weighted by molar-refractivity contribution is 7.78. The molecule has 0 aromatic carbocycles. The Morgan fingerprint density at radius 3 is 2.58 bits per heavy atom. The molecule has 24 heavy (non-hydrogen) atoms. The van der Waals surface area contributed by atoms with Crippen LogP contribution in [0.2, 0.25) is 0 Å². The third kappa shape index (κ3) is 4.68. The van der Waals surface area contributed by atoms with Crippen LogP contribution in [0.1, 0.15) is 18.4 Å². The first kappa shape index (κ1) is 18.7. The summed E-state index contributed by atoms with van der Waals surface area (Å²) < 4.78 is 65.7. The standard InChI is InChI=1S/C14H14F5N3OS/c15-13(16)2-5-21(8-13)3-1-4-22-7-10(14(17,18)19)6-11(12(22)23)20-9-24/h6-7H,1-5,8H2. The first-order valence-electron chi connectivity index (χ1n) is 7.12. The molecule has 0 atom stereocenters. The number of rotatable bonds is 5. The highest BCUT2D eigenvalue weighted by Gasteiger charge is 2.37. The SMILES string of the molecule is O=c1c(N=C=S)cc(C(F)(F)F)cn1CCCN1CCC(F)(F)C1. The van der Waals surface area contributed by atoms with E-state index in [1.165, 1.54) is 4.90 Å². The molecule has 1 aromatic rings. The van der Waals surface area contributed by atoms with E-state index >= 15 is 0 Å². The zero-order chi connectivity index (χ0) is 18.0. The number of aryl methyl sites for hydroxylation is 1. The summed E-state index contributed by atoms with van der Waals surface area (Å²) in [6.45, 7) is 0.0880. The Morgan fingerprint density at radius 1 is 1.33 bits per heavy atom. The molecule has 1 aliphatic heterocycles. The van der Waals surface area contributed by atoms with Crippen LogP contribution in [0.25, 0.3) is 0 Å². The van der Waals surface area contributed by atoms with E-state index in [0.717, 1.165) is 4.57 Å². The molecule has 0 aliphatic carbocycles. The summed E-state index contributed by atoms with van der Waals surface area (Å²) in [6, 6.07) is 0.610. The van der Waals surface area contributed by atoms with Gasteiger partial charge in [0.25, 0.3) is 11.5 Å². The second-order valence-corrected chi connectivity index (χ2v) is 5.73. The largest absolute Gasteiger partial charge is 0.417 e. The zero-order valence-electron chi connectivity index (χ0n) is 12.4. The van der Waals surface area contributed by atoms with E-state index in [9.17, 15) is 26.7 Å². The van der Waals surface area contributed by atoms with Crippen LogP contribution in [0.15, 0.2) is 22.1 Å². The maximum absolute atomic E-state index is 13.1. The van der Waals surface area contributed by atoms with Gasteiger partial charge in [-0.05, 0) is 24.7 Å². The van der Waals surface area contributed by atoms with Crippen molar-refractivity contribution in [3.8, 4) is 0 Å². The summed E-state index contributed by atoms with van der Waals surface area (Å²) in [4.78, 5) is 16.9. The normalized spacial score (nSPS) is 17.7. The van der Waals surface area contributed by atoms with E-state index in [2.05, 4.69) is 17.2 Å². The van der Waals surface area contributed by atoms with Gasteiger partial charge in [-0.1, -0.05) is 0 Å². The smallest absolute Gasteiger partial charge is 0.313 e. The molecule has 0 unspecified atom stereocenters. The van der Waals surface area contributed by atoms with E-state index in [0.29, 0.717) is 12.3 Å². The number of hydrogen-bond donors (Lipinski definition) is 0. The lowest BCUT2D eigenvalue weighted by Gasteiger charge is -2.16. The summed E-state index contributed by atoms with van der Waals surface area (Å²) in [6.07, 6.45) is -3.91. The van der Waals surface area contributed by atoms with Gasteiger partial charge >= 0.3 is 6.18 Å². The Hall–Kier alpha value is -1.64. The molecule has 1 aliphatic rings. The molecule has 1 saturated heterocycles. The van der Waals surface area contributed by atoms with Gasteiger partial charge in [-0.3, -0.25) is 9.69 Å². The van der Waals surface area contributed by atoms with Crippen molar-refractivity contribution in [2.24, 2.45) is 4.99 Å². The van der Waals surface area contributed by atoms with Crippen molar-refractivity contribution in [1.29, 1.82) is 0 Å². The molecular weight excluding hydrogens is 353 g/mol. The van der Waals surface area contributed by atoms with Crippen molar-refractivity contribution in [3.05, 3.63) is 28.2 Å². The first-order valence-corrected chi connectivity index (χ1v) is 7.53. The average molecular weight is 367 g/mol. The number of pyridine rings is 1. The minimum absolute atomic E-state index is 0.0369. The predicted molar refractivity (Wildman–Crippen MR) is 81.0 cm³/mol. The Kier molecular flexibility index (Phi) is 5.52. The van der Waals surface area contributed by atoms with Crippen LogP contribution >= 0.6 is 12.2 Å². The second-order valence-electron chi connectivity index (χ2n) is 5.55. The highest BCUT2D eigenvalue weighted by atomic mass is 32.1. The molecule has 0 radical (unpaired) electrons. The van der Waals surface area contributed by atoms with Crippen molar-refractivity contribution in [1.82, 2.24) is 9.47 Å². The van der Waals surface area contributed by atoms with E-state index < -0.39 is 28.9 Å². The van der Waals surface area contributed by atoms with Gasteiger partial charge in [0.05, 0.1) is 17.3 Å². The van der Waals surface area contributed by atoms with Crippen molar-refractivity contribution >= 4 is 23.1 Å². The quantitative estimate of drug-likeness (QED) is 0.455. The van der Waals surface area contributed by atoms with Gasteiger partial charge in [0.15, 0.2) is 0 Å². The molecule has 0 amide bonds. The average Bonchev–Trinajstić information content (AvgIpc) is 2.81. The fraction of sp³-hybridized carbons (Fsp3) is 0.571. The molecule has 0 N–H and O–H groups in total. The number of alkyl halides is 5. The van der Waals surface area contributed by atoms with Crippen molar-refractivity contribution in [2.45, 2.75) is 31.5 Å². The van der Waals surface area contributed by atoms with Crippen LogP contribution in [0.4, 0.5) is 27.6 Å². The number of aromatic nitrogens is 1. The molecule has 4 nitrogen and oxygen atoms in total.